The molecule has 4 fully saturated rings. The van der Waals surface area contributed by atoms with Crippen LogP contribution in [0.2, 0.25) is 5.02 Å². The number of rotatable bonds is 6. The Bertz CT molecular complexity index is 2250. The smallest absolute Gasteiger partial charge is 0.262 e. The number of halogens is 1. The molecule has 6 amide bonds. The zero-order valence-corrected chi connectivity index (χ0v) is 32.8. The number of nitrogens with one attached hydrogen (secondary N) is 1. The van der Waals surface area contributed by atoms with E-state index in [1.807, 2.05) is 29.2 Å². The molecule has 0 bridgehead atoms. The van der Waals surface area contributed by atoms with Crippen molar-refractivity contribution in [3.8, 4) is 6.07 Å². The molecular formula is C43H43ClN8O6. The summed E-state index contributed by atoms with van der Waals surface area (Å²) in [6, 6.07) is 18.0. The number of carbonyl (C=O) groups excluding carboxylic acids is 6. The second kappa shape index (κ2) is 14.9. The molecule has 6 aliphatic heterocycles. The third-order valence-corrected chi connectivity index (χ3v) is 13.3. The number of nitrogens with zero attached hydrogens (tertiary/aromatic N) is 7. The maximum atomic E-state index is 13.5. The van der Waals surface area contributed by atoms with Crippen molar-refractivity contribution in [1.82, 2.24) is 24.9 Å². The number of fused-ring (bicyclic) bond motifs is 2. The van der Waals surface area contributed by atoms with Gasteiger partial charge in [-0.05, 0) is 96.8 Å². The van der Waals surface area contributed by atoms with E-state index in [0.717, 1.165) is 72.8 Å². The molecule has 0 aliphatic carbocycles. The van der Waals surface area contributed by atoms with Gasteiger partial charge in [0.2, 0.25) is 17.7 Å². The topological polar surface area (TPSA) is 158 Å². The third kappa shape index (κ3) is 6.86. The molecular weight excluding hydrogens is 760 g/mol. The van der Waals surface area contributed by atoms with E-state index in [9.17, 15) is 34.0 Å². The molecule has 0 radical (unpaired) electrons. The predicted molar refractivity (Wildman–Crippen MR) is 213 cm³/mol. The Morgan fingerprint density at radius 2 is 1.40 bits per heavy atom. The molecule has 9 rings (SSSR count). The molecule has 298 valence electrons. The summed E-state index contributed by atoms with van der Waals surface area (Å²) in [4.78, 5) is 88.9. The van der Waals surface area contributed by atoms with Gasteiger partial charge in [-0.15, -0.1) is 0 Å². The van der Waals surface area contributed by atoms with Crippen LogP contribution in [0.15, 0.2) is 54.6 Å². The molecule has 14 nitrogen and oxygen atoms in total. The maximum Gasteiger partial charge on any atom is 0.262 e. The zero-order valence-electron chi connectivity index (χ0n) is 32.0. The molecule has 1 N–H and O–H groups in total. The van der Waals surface area contributed by atoms with E-state index in [-0.39, 0.29) is 47.7 Å². The van der Waals surface area contributed by atoms with Crippen molar-refractivity contribution in [2.45, 2.75) is 51.2 Å². The lowest BCUT2D eigenvalue weighted by Crippen LogP contribution is -2.54. The highest BCUT2D eigenvalue weighted by Gasteiger charge is 2.46. The first-order chi connectivity index (χ1) is 28.0. The minimum absolute atomic E-state index is 0.0194. The van der Waals surface area contributed by atoms with E-state index in [0.29, 0.717) is 55.4 Å². The second-order valence-electron chi connectivity index (χ2n) is 16.4. The summed E-state index contributed by atoms with van der Waals surface area (Å²) >= 11 is 6.30. The molecule has 0 saturated carbocycles. The van der Waals surface area contributed by atoms with E-state index in [1.54, 1.807) is 23.1 Å². The standard InChI is InChI=1S/C43H43ClN8O6/c44-35-21-32(6-3-28(35)22-45)48-12-9-43(10-13-48)11-14-50(26-43)31-4-1-27(2-5-31)40(56)49-17-15-47(16-18-49)25-38(54)51-23-29-19-33-34(20-30(29)24-51)42(58)52(41(33)57)36-7-8-37(53)46-39(36)55/h1-6,19-21,36H,7-18,23-26H2,(H,46,53,55). The Morgan fingerprint density at radius 1 is 0.776 bits per heavy atom. The molecule has 1 atom stereocenters. The SMILES string of the molecule is N#Cc1ccc(N2CCC3(CC2)CCN(c2ccc(C(=O)N4CCN(CC(=O)N5Cc6cc7c(cc6C5)C(=O)N(C5CCC(=O)NC5=O)C7=O)CC4)cc2)C3)cc1Cl. The average molecular weight is 803 g/mol. The summed E-state index contributed by atoms with van der Waals surface area (Å²) in [5.74, 6) is -2.29. The fourth-order valence-corrected chi connectivity index (χ4v) is 9.75. The van der Waals surface area contributed by atoms with Gasteiger partial charge in [-0.1, -0.05) is 11.6 Å². The second-order valence-corrected chi connectivity index (χ2v) is 16.8. The number of hydrogen-bond donors (Lipinski definition) is 1. The Balaban J connectivity index is 0.737. The van der Waals surface area contributed by atoms with E-state index >= 15 is 0 Å². The van der Waals surface area contributed by atoms with Crippen LogP contribution in [0.3, 0.4) is 0 Å². The van der Waals surface area contributed by atoms with Crippen LogP contribution < -0.4 is 15.1 Å². The number of hydrogen-bond acceptors (Lipinski definition) is 10. The molecule has 15 heteroatoms. The lowest BCUT2D eigenvalue weighted by molar-refractivity contribution is -0.136. The summed E-state index contributed by atoms with van der Waals surface area (Å²) in [5, 5.41) is 11.9. The molecule has 6 heterocycles. The van der Waals surface area contributed by atoms with Crippen LogP contribution in [0.1, 0.15) is 79.9 Å². The minimum atomic E-state index is -1.03. The van der Waals surface area contributed by atoms with Crippen molar-refractivity contribution in [1.29, 1.82) is 5.26 Å². The summed E-state index contributed by atoms with van der Waals surface area (Å²) in [7, 11) is 0. The number of amides is 6. The predicted octanol–water partition coefficient (Wildman–Crippen LogP) is 3.41. The number of piperidine rings is 2. The van der Waals surface area contributed by atoms with Crippen LogP contribution in [0, 0.1) is 16.7 Å². The van der Waals surface area contributed by atoms with Gasteiger partial charge in [-0.25, -0.2) is 0 Å². The average Bonchev–Trinajstić information content (AvgIpc) is 3.91. The highest BCUT2D eigenvalue weighted by molar-refractivity contribution is 6.32. The summed E-state index contributed by atoms with van der Waals surface area (Å²) in [6.07, 6.45) is 3.45. The highest BCUT2D eigenvalue weighted by atomic mass is 35.5. The third-order valence-electron chi connectivity index (χ3n) is 13.0. The normalized spacial score (nSPS) is 21.7. The molecule has 1 unspecified atom stereocenters. The largest absolute Gasteiger partial charge is 0.371 e. The van der Waals surface area contributed by atoms with Crippen LogP contribution in [0.25, 0.3) is 0 Å². The van der Waals surface area contributed by atoms with Crippen LogP contribution in [0.4, 0.5) is 11.4 Å². The van der Waals surface area contributed by atoms with Crippen molar-refractivity contribution in [2.24, 2.45) is 5.41 Å². The number of piperazine rings is 1. The fourth-order valence-electron chi connectivity index (χ4n) is 9.54. The number of imide groups is 2. The van der Waals surface area contributed by atoms with Crippen molar-refractivity contribution in [2.75, 3.05) is 68.7 Å². The van der Waals surface area contributed by atoms with Gasteiger partial charge in [0.05, 0.1) is 28.3 Å². The molecule has 3 aromatic carbocycles. The molecule has 3 aromatic rings. The number of nitriles is 1. The quantitative estimate of drug-likeness (QED) is 0.367. The van der Waals surface area contributed by atoms with Gasteiger partial charge in [0.1, 0.15) is 12.1 Å². The Kier molecular flexibility index (Phi) is 9.68. The Hall–Kier alpha value is -5.78. The van der Waals surface area contributed by atoms with E-state index < -0.39 is 29.7 Å². The molecule has 0 aromatic heterocycles. The van der Waals surface area contributed by atoms with Gasteiger partial charge in [0.25, 0.3) is 17.7 Å². The molecule has 1 spiro atoms. The van der Waals surface area contributed by atoms with Crippen molar-refractivity contribution >= 4 is 58.4 Å². The molecule has 6 aliphatic rings. The number of anilines is 2. The van der Waals surface area contributed by atoms with E-state index in [2.05, 4.69) is 38.2 Å². The Labute approximate surface area is 340 Å². The van der Waals surface area contributed by atoms with Crippen LogP contribution in [0.5, 0.6) is 0 Å². The lowest BCUT2D eigenvalue weighted by atomic mass is 9.77. The fraction of sp³-hybridized carbons (Fsp3) is 0.419. The monoisotopic (exact) mass is 802 g/mol. The van der Waals surface area contributed by atoms with Gasteiger partial charge in [-0.2, -0.15) is 5.26 Å². The van der Waals surface area contributed by atoms with Crippen molar-refractivity contribution < 1.29 is 28.8 Å². The first kappa shape index (κ1) is 37.8. The van der Waals surface area contributed by atoms with Crippen LogP contribution in [-0.4, -0.2) is 120 Å². The Morgan fingerprint density at radius 3 is 2.00 bits per heavy atom. The summed E-state index contributed by atoms with van der Waals surface area (Å²) in [5.41, 5.74) is 5.58. The highest BCUT2D eigenvalue weighted by Crippen LogP contribution is 2.43. The minimum Gasteiger partial charge on any atom is -0.371 e. The first-order valence-corrected chi connectivity index (χ1v) is 20.3. The van der Waals surface area contributed by atoms with Crippen LogP contribution in [-0.2, 0) is 27.5 Å². The van der Waals surface area contributed by atoms with Gasteiger partial charge in [0.15, 0.2) is 0 Å². The van der Waals surface area contributed by atoms with Crippen molar-refractivity contribution in [3.63, 3.8) is 0 Å². The van der Waals surface area contributed by atoms with Gasteiger partial charge < -0.3 is 19.6 Å². The van der Waals surface area contributed by atoms with Crippen LogP contribution >= 0.6 is 11.6 Å². The summed E-state index contributed by atoms with van der Waals surface area (Å²) in [6.45, 7) is 6.82. The molecule has 58 heavy (non-hydrogen) atoms. The number of benzene rings is 3. The van der Waals surface area contributed by atoms with Gasteiger partial charge >= 0.3 is 0 Å². The zero-order chi connectivity index (χ0) is 40.3. The van der Waals surface area contributed by atoms with Gasteiger partial charge in [-0.3, -0.25) is 43.9 Å². The summed E-state index contributed by atoms with van der Waals surface area (Å²) < 4.78 is 0. The van der Waals surface area contributed by atoms with Crippen molar-refractivity contribution in [3.05, 3.63) is 93.0 Å². The van der Waals surface area contributed by atoms with Gasteiger partial charge in [0, 0.05) is 88.8 Å². The van der Waals surface area contributed by atoms with E-state index in [1.165, 1.54) is 0 Å². The molecule has 4 saturated heterocycles. The maximum absolute atomic E-state index is 13.5. The lowest BCUT2D eigenvalue weighted by Gasteiger charge is -2.40. The first-order valence-electron chi connectivity index (χ1n) is 20.0. The van der Waals surface area contributed by atoms with E-state index in [4.69, 9.17) is 11.6 Å². The number of carbonyl (C=O) groups is 6.